The lowest BCUT2D eigenvalue weighted by molar-refractivity contribution is -0.138. The molecule has 3 aromatic rings. The van der Waals surface area contributed by atoms with Gasteiger partial charge in [0.2, 0.25) is 10.1 Å². The van der Waals surface area contributed by atoms with E-state index in [2.05, 4.69) is 46.4 Å². The Morgan fingerprint density at radius 1 is 1.14 bits per heavy atom. The van der Waals surface area contributed by atoms with Gasteiger partial charge in [-0.2, -0.15) is 13.2 Å². The van der Waals surface area contributed by atoms with E-state index in [0.29, 0.717) is 32.8 Å². The van der Waals surface area contributed by atoms with Crippen molar-refractivity contribution in [2.75, 3.05) is 5.32 Å². The maximum absolute atomic E-state index is 12.5. The van der Waals surface area contributed by atoms with E-state index < -0.39 is 11.2 Å². The van der Waals surface area contributed by atoms with Gasteiger partial charge in [0.25, 0.3) is 0 Å². The Bertz CT molecular complexity index is 805. The average molecular weight is 377 g/mol. The van der Waals surface area contributed by atoms with Crippen LogP contribution >= 0.6 is 27.3 Å². The van der Waals surface area contributed by atoms with Gasteiger partial charge in [0, 0.05) is 0 Å². The molecule has 3 rings (SSSR count). The Morgan fingerprint density at radius 3 is 2.67 bits per heavy atom. The number of rotatable bonds is 2. The summed E-state index contributed by atoms with van der Waals surface area (Å²) in [6, 6.07) is 3.37. The molecule has 0 aliphatic rings. The van der Waals surface area contributed by atoms with Crippen LogP contribution < -0.4 is 5.32 Å². The third-order valence-corrected chi connectivity index (χ3v) is 3.68. The minimum Gasteiger partial charge on any atom is -0.314 e. The molecule has 21 heavy (non-hydrogen) atoms. The van der Waals surface area contributed by atoms with E-state index in [0.717, 1.165) is 0 Å². The first kappa shape index (κ1) is 14.1. The number of anilines is 2. The largest absolute Gasteiger partial charge is 0.445 e. The van der Waals surface area contributed by atoms with E-state index in [1.165, 1.54) is 6.33 Å². The first-order valence-electron chi connectivity index (χ1n) is 5.38. The molecule has 0 amide bonds. The summed E-state index contributed by atoms with van der Waals surface area (Å²) in [5.74, 6) is 0.310. The van der Waals surface area contributed by atoms with Crippen LogP contribution in [0.4, 0.5) is 24.1 Å². The van der Waals surface area contributed by atoms with Crippen molar-refractivity contribution >= 4 is 49.2 Å². The number of halogens is 4. The van der Waals surface area contributed by atoms with Crippen LogP contribution in [0.5, 0.6) is 0 Å². The van der Waals surface area contributed by atoms with Crippen LogP contribution in [0, 0.1) is 0 Å². The van der Waals surface area contributed by atoms with Gasteiger partial charge in [-0.3, -0.25) is 0 Å². The highest BCUT2D eigenvalue weighted by atomic mass is 79.9. The van der Waals surface area contributed by atoms with Crippen molar-refractivity contribution in [1.29, 1.82) is 0 Å². The predicted octanol–water partition coefficient (Wildman–Crippen LogP) is 3.40. The number of hydrogen-bond donors (Lipinski definition) is 1. The third kappa shape index (κ3) is 2.93. The van der Waals surface area contributed by atoms with Gasteiger partial charge in [-0.1, -0.05) is 11.3 Å². The first-order valence-corrected chi connectivity index (χ1v) is 6.99. The second-order valence-electron chi connectivity index (χ2n) is 3.76. The summed E-state index contributed by atoms with van der Waals surface area (Å²) in [6.45, 7) is 0. The molecular formula is C10H4BrF3N6S. The van der Waals surface area contributed by atoms with Gasteiger partial charge in [-0.05, 0) is 28.1 Å². The highest BCUT2D eigenvalue weighted by Crippen LogP contribution is 2.34. The van der Waals surface area contributed by atoms with E-state index in [-0.39, 0.29) is 5.13 Å². The fourth-order valence-electron chi connectivity index (χ4n) is 1.51. The molecule has 0 saturated heterocycles. The van der Waals surface area contributed by atoms with Crippen LogP contribution in [-0.2, 0) is 6.18 Å². The summed E-state index contributed by atoms with van der Waals surface area (Å²) in [4.78, 5) is 12.1. The zero-order valence-corrected chi connectivity index (χ0v) is 12.3. The highest BCUT2D eigenvalue weighted by Gasteiger charge is 2.35. The summed E-state index contributed by atoms with van der Waals surface area (Å²) in [7, 11) is 0. The van der Waals surface area contributed by atoms with Crippen LogP contribution in [0.15, 0.2) is 23.1 Å². The molecule has 3 heterocycles. The number of pyridine rings is 1. The maximum Gasteiger partial charge on any atom is 0.445 e. The lowest BCUT2D eigenvalue weighted by Crippen LogP contribution is -2.03. The molecule has 3 aromatic heterocycles. The van der Waals surface area contributed by atoms with Crippen molar-refractivity contribution in [3.05, 3.63) is 28.1 Å². The molecule has 0 radical (unpaired) electrons. The molecule has 0 aliphatic heterocycles. The number of nitrogens with one attached hydrogen (secondary N) is 1. The van der Waals surface area contributed by atoms with Crippen LogP contribution in [-0.4, -0.2) is 25.1 Å². The predicted molar refractivity (Wildman–Crippen MR) is 73.2 cm³/mol. The Balaban J connectivity index is 1.97. The molecule has 0 bridgehead atoms. The number of alkyl halides is 3. The monoisotopic (exact) mass is 376 g/mol. The third-order valence-electron chi connectivity index (χ3n) is 2.36. The van der Waals surface area contributed by atoms with Crippen molar-refractivity contribution in [3.63, 3.8) is 0 Å². The van der Waals surface area contributed by atoms with Gasteiger partial charge >= 0.3 is 6.18 Å². The summed E-state index contributed by atoms with van der Waals surface area (Å²) < 4.78 is 38.0. The quantitative estimate of drug-likeness (QED) is 0.690. The minimum atomic E-state index is -4.52. The zero-order chi connectivity index (χ0) is 15.0. The zero-order valence-electron chi connectivity index (χ0n) is 9.89. The second-order valence-corrected chi connectivity index (χ2v) is 5.55. The first-order chi connectivity index (χ1) is 9.93. The molecule has 0 spiro atoms. The number of aromatic nitrogens is 5. The van der Waals surface area contributed by atoms with E-state index in [9.17, 15) is 13.2 Å². The molecule has 0 aliphatic carbocycles. The average Bonchev–Trinajstić information content (AvgIpc) is 2.87. The van der Waals surface area contributed by atoms with Crippen LogP contribution in [0.2, 0.25) is 0 Å². The standard InChI is InChI=1S/C10H4BrF3N6S/c11-5-2-1-4-6(17-5)15-3-16-7(4)18-9-20-19-8(21-9)10(12,13)14/h1-3H,(H,15,16,17,18,20). The van der Waals surface area contributed by atoms with Gasteiger partial charge in [0.05, 0.1) is 5.39 Å². The number of nitrogens with zero attached hydrogens (tertiary/aromatic N) is 5. The van der Waals surface area contributed by atoms with Gasteiger partial charge < -0.3 is 5.32 Å². The van der Waals surface area contributed by atoms with Gasteiger partial charge in [-0.15, -0.1) is 10.2 Å². The minimum absolute atomic E-state index is 0.00903. The Morgan fingerprint density at radius 2 is 1.95 bits per heavy atom. The lowest BCUT2D eigenvalue weighted by atomic mass is 10.3. The van der Waals surface area contributed by atoms with Crippen LogP contribution in [0.25, 0.3) is 11.0 Å². The highest BCUT2D eigenvalue weighted by molar-refractivity contribution is 9.10. The summed E-state index contributed by atoms with van der Waals surface area (Å²) in [5, 5.41) is 8.77. The smallest absolute Gasteiger partial charge is 0.314 e. The molecular weight excluding hydrogens is 373 g/mol. The van der Waals surface area contributed by atoms with Crippen LogP contribution in [0.3, 0.4) is 0 Å². The van der Waals surface area contributed by atoms with Crippen molar-refractivity contribution in [1.82, 2.24) is 25.1 Å². The normalized spacial score (nSPS) is 11.8. The lowest BCUT2D eigenvalue weighted by Gasteiger charge is -2.04. The van der Waals surface area contributed by atoms with Crippen molar-refractivity contribution in [2.45, 2.75) is 6.18 Å². The molecule has 0 atom stereocenters. The van der Waals surface area contributed by atoms with E-state index in [1.54, 1.807) is 12.1 Å². The van der Waals surface area contributed by atoms with Gasteiger partial charge in [0.15, 0.2) is 5.65 Å². The Kier molecular flexibility index (Phi) is 3.45. The maximum atomic E-state index is 12.5. The number of hydrogen-bond acceptors (Lipinski definition) is 7. The van der Waals surface area contributed by atoms with E-state index in [1.807, 2.05) is 0 Å². The molecule has 0 aromatic carbocycles. The second kappa shape index (κ2) is 5.15. The molecule has 6 nitrogen and oxygen atoms in total. The molecule has 108 valence electrons. The molecule has 11 heteroatoms. The fourth-order valence-corrected chi connectivity index (χ4v) is 2.42. The van der Waals surface area contributed by atoms with Crippen molar-refractivity contribution in [3.8, 4) is 0 Å². The fraction of sp³-hybridized carbons (Fsp3) is 0.100. The summed E-state index contributed by atoms with van der Waals surface area (Å²) in [5.41, 5.74) is 0.405. The van der Waals surface area contributed by atoms with Gasteiger partial charge in [-0.25, -0.2) is 15.0 Å². The molecule has 0 fully saturated rings. The molecule has 0 unspecified atom stereocenters. The molecule has 0 saturated carbocycles. The molecule has 1 N–H and O–H groups in total. The van der Waals surface area contributed by atoms with Gasteiger partial charge in [0.1, 0.15) is 16.7 Å². The van der Waals surface area contributed by atoms with E-state index in [4.69, 9.17) is 0 Å². The van der Waals surface area contributed by atoms with Crippen molar-refractivity contribution in [2.24, 2.45) is 0 Å². The Labute approximate surface area is 127 Å². The Hall–Kier alpha value is -1.88. The SMILES string of the molecule is FC(F)(F)c1nnc(Nc2ncnc3nc(Br)ccc23)s1. The summed E-state index contributed by atoms with van der Waals surface area (Å²) >= 11 is 3.61. The number of fused-ring (bicyclic) bond motifs is 1. The van der Waals surface area contributed by atoms with Crippen molar-refractivity contribution < 1.29 is 13.2 Å². The summed E-state index contributed by atoms with van der Waals surface area (Å²) in [6.07, 6.45) is -3.26. The van der Waals surface area contributed by atoms with E-state index >= 15 is 0 Å². The topological polar surface area (TPSA) is 76.5 Å². The van der Waals surface area contributed by atoms with Crippen LogP contribution in [0.1, 0.15) is 5.01 Å².